The van der Waals surface area contributed by atoms with E-state index in [0.717, 1.165) is 18.4 Å². The average Bonchev–Trinajstić information content (AvgIpc) is 1.62. The van der Waals surface area contributed by atoms with Crippen molar-refractivity contribution in [2.75, 3.05) is 10.6 Å². The van der Waals surface area contributed by atoms with Crippen LogP contribution < -0.4 is 20.7 Å². The highest BCUT2D eigenvalue weighted by Crippen LogP contribution is 2.40. The fourth-order valence-corrected chi connectivity index (χ4v) is 11.9. The fourth-order valence-electron chi connectivity index (χ4n) is 10.5. The molecule has 12 aromatic rings. The van der Waals surface area contributed by atoms with E-state index < -0.39 is 52.5 Å². The lowest BCUT2D eigenvalue weighted by molar-refractivity contribution is -0.384. The Morgan fingerprint density at radius 2 is 1.05 bits per heavy atom. The Labute approximate surface area is 619 Å². The number of ether oxygens (including phenoxy) is 1. The molecule has 518 valence electrons. The van der Waals surface area contributed by atoms with Crippen LogP contribution in [0.1, 0.15) is 64.5 Å². The minimum absolute atomic E-state index is 0.0479. The van der Waals surface area contributed by atoms with Gasteiger partial charge in [0.15, 0.2) is 22.8 Å². The molecule has 0 aliphatic carbocycles. The van der Waals surface area contributed by atoms with E-state index in [1.54, 1.807) is 140 Å². The lowest BCUT2D eigenvalue weighted by Crippen LogP contribution is -2.49. The lowest BCUT2D eigenvalue weighted by atomic mass is 10.1. The number of benzene rings is 9. The number of anilines is 2. The molecule has 104 heavy (non-hydrogen) atoms. The number of rotatable bonds is 19. The number of non-ortho nitro benzene ring substituents is 1. The number of hydrogen-bond donors (Lipinski definition) is 9. The predicted octanol–water partition coefficient (Wildman–Crippen LogP) is 16.8. The zero-order chi connectivity index (χ0) is 73.3. The molecule has 0 saturated carbocycles. The number of nitrogens with one attached hydrogen (secondary N) is 6. The van der Waals surface area contributed by atoms with Crippen molar-refractivity contribution < 1.29 is 58.5 Å². The zero-order valence-corrected chi connectivity index (χ0v) is 59.6. The van der Waals surface area contributed by atoms with Gasteiger partial charge in [0.05, 0.1) is 27.2 Å². The van der Waals surface area contributed by atoms with E-state index in [9.17, 15) is 59.0 Å². The van der Waals surface area contributed by atoms with Crippen LogP contribution in [0.25, 0.3) is 32.7 Å². The Morgan fingerprint density at radius 3 is 1.60 bits per heavy atom. The van der Waals surface area contributed by atoms with Gasteiger partial charge in [-0.2, -0.15) is 10.1 Å². The van der Waals surface area contributed by atoms with Gasteiger partial charge in [0.2, 0.25) is 17.6 Å². The maximum atomic E-state index is 14.7. The number of aryl methyl sites for hydroxylation is 1. The van der Waals surface area contributed by atoms with E-state index in [0.29, 0.717) is 59.6 Å². The summed E-state index contributed by atoms with van der Waals surface area (Å²) in [5.41, 5.74) is 4.82. The Balaban J connectivity index is 0.000000250. The number of hydrogen-bond acceptors (Lipinski definition) is 17. The zero-order valence-electron chi connectivity index (χ0n) is 53.2. The van der Waals surface area contributed by atoms with Crippen LogP contribution in [0.3, 0.4) is 0 Å². The first kappa shape index (κ1) is 71.3. The molecule has 32 heteroatoms. The summed E-state index contributed by atoms with van der Waals surface area (Å²) in [5.74, 6) is -5.20. The van der Waals surface area contributed by atoms with Gasteiger partial charge in [0.1, 0.15) is 5.75 Å². The normalized spacial score (nSPS) is 12.5. The molecule has 1 unspecified atom stereocenters. The maximum absolute atomic E-state index is 14.7. The SMILES string of the molecule is O=C(CCc1ccc(C(=O)N(N=C2C(=O)Nc3ccc(Br)cc32)C(Oc2ccccc2)C(=O)Nc2ccc(C(=O)N=Nc3c(O)[nH]c4ccc(Br)cc34)cc2)cc1)N=Nc1c(O)[nH]c2ccc(Br)cc12.O=C(N=Nc1c(O)[nH]c2ccc(Br)cc12)c1ccc(CNC(=O)c2cccc([N+](=O)[O-])c2)cc1. The molecule has 0 radical (unpaired) electrons. The Kier molecular flexibility index (Phi) is 21.6. The molecule has 13 rings (SSSR count). The smallest absolute Gasteiger partial charge is 0.295 e. The number of fused-ring (bicyclic) bond motifs is 4. The number of nitrogens with zero attached hydrogens (tertiary/aromatic N) is 9. The molecule has 4 heterocycles. The number of amides is 7. The topological polar surface area (TPSA) is 406 Å². The minimum Gasteiger partial charge on any atom is -0.493 e. The van der Waals surface area contributed by atoms with Crippen molar-refractivity contribution in [3.05, 3.63) is 267 Å². The molecule has 1 aliphatic rings. The number of carbonyl (C=O) groups excluding carboxylic acids is 7. The summed E-state index contributed by atoms with van der Waals surface area (Å²) in [4.78, 5) is 112. The van der Waals surface area contributed by atoms with Gasteiger partial charge in [-0.05, 0) is 157 Å². The first-order chi connectivity index (χ1) is 50.1. The molecule has 0 saturated heterocycles. The molecular formula is C72H49Br4N15O13. The van der Waals surface area contributed by atoms with E-state index in [4.69, 9.17) is 4.74 Å². The molecule has 0 fully saturated rings. The number of para-hydroxylation sites is 1. The average molecular weight is 1650 g/mol. The number of nitro benzene ring substituents is 1. The highest BCUT2D eigenvalue weighted by molar-refractivity contribution is 9.11. The molecule has 1 atom stereocenters. The number of hydrazone groups is 1. The summed E-state index contributed by atoms with van der Waals surface area (Å²) in [6.07, 6.45) is -1.67. The van der Waals surface area contributed by atoms with Gasteiger partial charge in [-0.1, -0.05) is 112 Å². The first-order valence-electron chi connectivity index (χ1n) is 30.8. The van der Waals surface area contributed by atoms with E-state index in [2.05, 4.69) is 130 Å². The molecule has 1 aliphatic heterocycles. The summed E-state index contributed by atoms with van der Waals surface area (Å²) < 4.78 is 9.12. The quantitative estimate of drug-likeness (QED) is 0.0157. The van der Waals surface area contributed by atoms with Crippen molar-refractivity contribution in [3.8, 4) is 23.4 Å². The predicted molar refractivity (Wildman–Crippen MR) is 397 cm³/mol. The number of aromatic hydroxyl groups is 3. The number of azo groups is 3. The standard InChI is InChI=1S/C49H33Br3N10O8.C23H16BrN5O5/c50-28-13-18-36-33(22-28)40(44(65)54-36)58-57-39(63)21-8-25-6-9-27(10-7-25)48(69)62(61-42-35-24-30(52)15-20-38(35)56-46(42)67)49(70-32-4-2-1-3-5-32)47(68)53-31-16-11-26(12-17-31)43(64)60-59-41-34-23-29(51)14-19-37(34)55-45(41)66;24-16-8-9-19-18(11-16)20(23(32)26-19)27-28-22(31)14-6-4-13(5-7-14)12-25-21(30)15-2-1-3-17(10-15)29(33)34/h1-7,9-20,22-24,49,54-55,65-66H,8,21H2,(H,53,68)(H,56,61,67);1-11,26,32H,12H2,(H,25,30). The van der Waals surface area contributed by atoms with Gasteiger partial charge in [-0.15, -0.1) is 30.7 Å². The van der Waals surface area contributed by atoms with Gasteiger partial charge in [0.25, 0.3) is 53.3 Å². The second-order valence-corrected chi connectivity index (χ2v) is 26.3. The van der Waals surface area contributed by atoms with Crippen LogP contribution in [-0.2, 0) is 27.3 Å². The molecule has 9 N–H and O–H groups in total. The summed E-state index contributed by atoms with van der Waals surface area (Å²) in [6.45, 7) is 0.162. The Hall–Kier alpha value is -12.5. The van der Waals surface area contributed by atoms with Crippen molar-refractivity contribution in [2.24, 2.45) is 35.8 Å². The molecular weight excluding hydrogens is 1600 g/mol. The third-order valence-electron chi connectivity index (χ3n) is 15.6. The van der Waals surface area contributed by atoms with Crippen molar-refractivity contribution in [1.29, 1.82) is 0 Å². The van der Waals surface area contributed by atoms with Gasteiger partial charge in [-0.3, -0.25) is 43.7 Å². The van der Waals surface area contributed by atoms with E-state index >= 15 is 0 Å². The molecule has 0 spiro atoms. The molecule has 7 amide bonds. The summed E-state index contributed by atoms with van der Waals surface area (Å²) in [6, 6.07) is 52.8. The Morgan fingerprint density at radius 1 is 0.548 bits per heavy atom. The molecule has 3 aromatic heterocycles. The van der Waals surface area contributed by atoms with Gasteiger partial charge in [-0.25, -0.2) is 0 Å². The first-order valence-corrected chi connectivity index (χ1v) is 34.0. The number of halogens is 4. The van der Waals surface area contributed by atoms with Crippen molar-refractivity contribution in [1.82, 2.24) is 25.3 Å². The minimum atomic E-state index is -1.84. The largest absolute Gasteiger partial charge is 0.493 e. The number of nitro groups is 1. The van der Waals surface area contributed by atoms with Crippen molar-refractivity contribution in [3.63, 3.8) is 0 Å². The molecule has 28 nitrogen and oxygen atoms in total. The van der Waals surface area contributed by atoms with Crippen LogP contribution in [-0.4, -0.2) is 93.5 Å². The Bertz CT molecular complexity index is 5550. The van der Waals surface area contributed by atoms with Gasteiger partial charge >= 0.3 is 0 Å². The van der Waals surface area contributed by atoms with Crippen LogP contribution in [0.4, 0.5) is 34.1 Å². The molecule has 9 aromatic carbocycles. The van der Waals surface area contributed by atoms with Crippen LogP contribution in [0, 0.1) is 10.1 Å². The van der Waals surface area contributed by atoms with Crippen LogP contribution in [0.15, 0.2) is 254 Å². The van der Waals surface area contributed by atoms with Crippen molar-refractivity contribution >= 4 is 178 Å². The fraction of sp³-hybridized carbons (Fsp3) is 0.0556. The summed E-state index contributed by atoms with van der Waals surface area (Å²) >= 11 is 13.6. The summed E-state index contributed by atoms with van der Waals surface area (Å²) in [7, 11) is 0. The van der Waals surface area contributed by atoms with Crippen LogP contribution >= 0.6 is 63.7 Å². The maximum Gasteiger partial charge on any atom is 0.295 e. The van der Waals surface area contributed by atoms with Gasteiger partial charge < -0.3 is 51.0 Å². The van der Waals surface area contributed by atoms with E-state index in [-0.39, 0.29) is 99.2 Å². The number of aromatic amines is 3. The van der Waals surface area contributed by atoms with E-state index in [1.165, 1.54) is 60.7 Å². The highest BCUT2D eigenvalue weighted by Gasteiger charge is 2.37. The van der Waals surface area contributed by atoms with E-state index in [1.807, 2.05) is 0 Å². The van der Waals surface area contributed by atoms with Crippen LogP contribution in [0.5, 0.6) is 23.4 Å². The number of aromatic nitrogens is 3. The number of carbonyl (C=O) groups is 7. The monoisotopic (exact) mass is 1650 g/mol. The third kappa shape index (κ3) is 16.8. The van der Waals surface area contributed by atoms with Gasteiger partial charge in [0, 0.05) is 92.7 Å². The lowest BCUT2D eigenvalue weighted by Gasteiger charge is -2.27. The van der Waals surface area contributed by atoms with Crippen molar-refractivity contribution in [2.45, 2.75) is 25.6 Å². The second kappa shape index (κ2) is 31.6. The number of H-pyrrole nitrogens is 3. The molecule has 0 bridgehead atoms. The third-order valence-corrected chi connectivity index (χ3v) is 17.6. The van der Waals surface area contributed by atoms with Crippen LogP contribution in [0.2, 0.25) is 0 Å². The summed E-state index contributed by atoms with van der Waals surface area (Å²) in [5, 5.41) is 80.1. The highest BCUT2D eigenvalue weighted by atomic mass is 79.9. The second-order valence-electron chi connectivity index (χ2n) is 22.6.